The molecule has 0 saturated heterocycles. The summed E-state index contributed by atoms with van der Waals surface area (Å²) in [7, 11) is 1.80. The van der Waals surface area contributed by atoms with Gasteiger partial charge in [0.15, 0.2) is 5.58 Å². The molecule has 0 spiro atoms. The summed E-state index contributed by atoms with van der Waals surface area (Å²) < 4.78 is 12.1. The molecule has 2 aliphatic rings. The van der Waals surface area contributed by atoms with Crippen molar-refractivity contribution in [3.05, 3.63) is 36.7 Å². The maximum absolute atomic E-state index is 12.2. The maximum Gasteiger partial charge on any atom is 0.229 e. The minimum atomic E-state index is 0.00529. The molecule has 2 saturated carbocycles. The molecular formula is C26H23N5O3. The Bertz CT molecular complexity index is 1460. The minimum Gasteiger partial charge on any atom is -0.490 e. The number of terminal acetylenes is 1. The quantitative estimate of drug-likeness (QED) is 0.411. The van der Waals surface area contributed by atoms with Gasteiger partial charge in [0.1, 0.15) is 29.0 Å². The Balaban J connectivity index is 1.35. The molecule has 8 nitrogen and oxygen atoms in total. The van der Waals surface area contributed by atoms with E-state index >= 15 is 0 Å². The second-order valence-corrected chi connectivity index (χ2v) is 8.87. The van der Waals surface area contributed by atoms with E-state index in [2.05, 4.69) is 26.5 Å². The van der Waals surface area contributed by atoms with E-state index in [1.807, 2.05) is 24.3 Å². The summed E-state index contributed by atoms with van der Waals surface area (Å²) in [6.45, 7) is 0. The number of oxazole rings is 1. The number of amides is 1. The van der Waals surface area contributed by atoms with E-state index in [4.69, 9.17) is 20.6 Å². The average Bonchev–Trinajstić information content (AvgIpc) is 3.59. The molecule has 2 aliphatic carbocycles. The Kier molecular flexibility index (Phi) is 4.84. The molecule has 3 aromatic heterocycles. The van der Waals surface area contributed by atoms with Crippen LogP contribution in [0.15, 0.2) is 41.1 Å². The van der Waals surface area contributed by atoms with Gasteiger partial charge in [0.2, 0.25) is 11.8 Å². The van der Waals surface area contributed by atoms with Crippen LogP contribution in [0.25, 0.3) is 33.3 Å². The number of hydrogen-bond acceptors (Lipinski definition) is 7. The molecule has 2 fully saturated rings. The number of hydrogen-bond donors (Lipinski definition) is 2. The number of anilines is 2. The van der Waals surface area contributed by atoms with Crippen LogP contribution in [-0.2, 0) is 4.79 Å². The highest BCUT2D eigenvalue weighted by Gasteiger charge is 2.30. The van der Waals surface area contributed by atoms with Crippen molar-refractivity contribution in [2.24, 2.45) is 11.8 Å². The number of carbonyl (C=O) groups excluding carboxylic acids is 1. The predicted molar refractivity (Wildman–Crippen MR) is 129 cm³/mol. The van der Waals surface area contributed by atoms with E-state index in [9.17, 15) is 4.79 Å². The fourth-order valence-corrected chi connectivity index (χ4v) is 4.23. The van der Waals surface area contributed by atoms with E-state index in [1.165, 1.54) is 0 Å². The van der Waals surface area contributed by atoms with Crippen molar-refractivity contribution in [3.63, 3.8) is 0 Å². The van der Waals surface area contributed by atoms with Crippen molar-refractivity contribution in [1.29, 1.82) is 0 Å². The second-order valence-electron chi connectivity index (χ2n) is 8.87. The number of rotatable bonds is 6. The number of carbonyl (C=O) groups is 1. The van der Waals surface area contributed by atoms with Crippen LogP contribution in [0.1, 0.15) is 25.7 Å². The molecule has 34 heavy (non-hydrogen) atoms. The van der Waals surface area contributed by atoms with Crippen molar-refractivity contribution in [2.45, 2.75) is 31.8 Å². The molecule has 0 atom stereocenters. The van der Waals surface area contributed by atoms with E-state index < -0.39 is 0 Å². The van der Waals surface area contributed by atoms with Crippen LogP contribution in [0.2, 0.25) is 0 Å². The standard InChI is InChI=1S/C26H23N5O3/c1-3-14-8-17(9-14)33-16-6-7-22-21(10-16)30-26(34-22)20-13-29-24(27-2)19-12-28-23(11-18(19)20)31-25(32)15-4-5-15/h1,6-7,10-15,17H,4-5,8-9H2,2H3,(H,27,29)(H,28,31,32). The molecule has 170 valence electrons. The summed E-state index contributed by atoms with van der Waals surface area (Å²) in [5.74, 6) is 5.54. The molecule has 0 radical (unpaired) electrons. The summed E-state index contributed by atoms with van der Waals surface area (Å²) in [6.07, 6.45) is 12.6. The van der Waals surface area contributed by atoms with Gasteiger partial charge in [0.05, 0.1) is 5.56 Å². The van der Waals surface area contributed by atoms with Crippen LogP contribution in [-0.4, -0.2) is 34.0 Å². The summed E-state index contributed by atoms with van der Waals surface area (Å²) in [4.78, 5) is 25.9. The van der Waals surface area contributed by atoms with Gasteiger partial charge < -0.3 is 19.8 Å². The fraction of sp³-hybridized carbons (Fsp3) is 0.308. The first-order chi connectivity index (χ1) is 16.6. The van der Waals surface area contributed by atoms with Gasteiger partial charge in [0.25, 0.3) is 0 Å². The molecule has 2 N–H and O–H groups in total. The lowest BCUT2D eigenvalue weighted by Crippen LogP contribution is -2.32. The third-order valence-electron chi connectivity index (χ3n) is 6.43. The Morgan fingerprint density at radius 3 is 2.79 bits per heavy atom. The fourth-order valence-electron chi connectivity index (χ4n) is 4.23. The SMILES string of the molecule is C#CC1CC(Oc2ccc3oc(-c4cnc(NC)c5cnc(NC(=O)C6CC6)cc45)nc3c2)C1. The van der Waals surface area contributed by atoms with Gasteiger partial charge in [-0.25, -0.2) is 15.0 Å². The van der Waals surface area contributed by atoms with E-state index in [0.29, 0.717) is 40.1 Å². The van der Waals surface area contributed by atoms with Gasteiger partial charge in [0, 0.05) is 48.1 Å². The predicted octanol–water partition coefficient (Wildman–Crippen LogP) is 4.62. The Morgan fingerprint density at radius 2 is 2.03 bits per heavy atom. The minimum absolute atomic E-state index is 0.00529. The topological polar surface area (TPSA) is 102 Å². The zero-order valence-corrected chi connectivity index (χ0v) is 18.7. The van der Waals surface area contributed by atoms with Crippen LogP contribution in [0.5, 0.6) is 5.75 Å². The summed E-state index contributed by atoms with van der Waals surface area (Å²) >= 11 is 0. The molecule has 0 bridgehead atoms. The highest BCUT2D eigenvalue weighted by atomic mass is 16.5. The normalized spacial score (nSPS) is 19.4. The Morgan fingerprint density at radius 1 is 1.18 bits per heavy atom. The molecule has 0 unspecified atom stereocenters. The van der Waals surface area contributed by atoms with Crippen LogP contribution in [0.4, 0.5) is 11.6 Å². The molecule has 4 aromatic rings. The van der Waals surface area contributed by atoms with Gasteiger partial charge in [-0.1, -0.05) is 0 Å². The lowest BCUT2D eigenvalue weighted by Gasteiger charge is -2.31. The van der Waals surface area contributed by atoms with Crippen molar-refractivity contribution in [1.82, 2.24) is 15.0 Å². The smallest absolute Gasteiger partial charge is 0.229 e. The lowest BCUT2D eigenvalue weighted by atomic mass is 9.83. The number of pyridine rings is 2. The third-order valence-corrected chi connectivity index (χ3v) is 6.43. The van der Waals surface area contributed by atoms with Gasteiger partial charge in [-0.2, -0.15) is 0 Å². The zero-order valence-electron chi connectivity index (χ0n) is 18.7. The number of fused-ring (bicyclic) bond motifs is 2. The van der Waals surface area contributed by atoms with Crippen LogP contribution in [0, 0.1) is 24.2 Å². The molecule has 1 amide bonds. The summed E-state index contributed by atoms with van der Waals surface area (Å²) in [5, 5.41) is 7.64. The highest BCUT2D eigenvalue weighted by molar-refractivity contribution is 6.03. The van der Waals surface area contributed by atoms with Gasteiger partial charge in [-0.3, -0.25) is 4.79 Å². The lowest BCUT2D eigenvalue weighted by molar-refractivity contribution is -0.117. The van der Waals surface area contributed by atoms with Gasteiger partial charge in [-0.15, -0.1) is 12.3 Å². The maximum atomic E-state index is 12.2. The largest absolute Gasteiger partial charge is 0.490 e. The number of nitrogens with zero attached hydrogens (tertiary/aromatic N) is 3. The molecule has 0 aliphatic heterocycles. The summed E-state index contributed by atoms with van der Waals surface area (Å²) in [6, 6.07) is 7.47. The highest BCUT2D eigenvalue weighted by Crippen LogP contribution is 2.36. The monoisotopic (exact) mass is 453 g/mol. The van der Waals surface area contributed by atoms with Crippen molar-refractivity contribution < 1.29 is 13.9 Å². The number of aromatic nitrogens is 3. The van der Waals surface area contributed by atoms with Crippen molar-refractivity contribution in [2.75, 3.05) is 17.7 Å². The zero-order chi connectivity index (χ0) is 23.2. The average molecular weight is 454 g/mol. The molecule has 6 rings (SSSR count). The number of ether oxygens (including phenoxy) is 1. The third kappa shape index (κ3) is 3.69. The molecule has 8 heteroatoms. The first kappa shape index (κ1) is 20.5. The van der Waals surface area contributed by atoms with E-state index in [0.717, 1.165) is 42.2 Å². The van der Waals surface area contributed by atoms with Crippen LogP contribution >= 0.6 is 0 Å². The van der Waals surface area contributed by atoms with Crippen LogP contribution < -0.4 is 15.4 Å². The Hall–Kier alpha value is -4.12. The Labute approximate surface area is 196 Å². The van der Waals surface area contributed by atoms with Crippen LogP contribution in [0.3, 0.4) is 0 Å². The van der Waals surface area contributed by atoms with Crippen molar-refractivity contribution in [3.8, 4) is 29.5 Å². The molecular weight excluding hydrogens is 430 g/mol. The van der Waals surface area contributed by atoms with Gasteiger partial charge >= 0.3 is 0 Å². The number of nitrogens with one attached hydrogen (secondary N) is 2. The van der Waals surface area contributed by atoms with E-state index in [-0.39, 0.29) is 17.9 Å². The van der Waals surface area contributed by atoms with Gasteiger partial charge in [-0.05, 0) is 43.9 Å². The number of benzene rings is 1. The first-order valence-electron chi connectivity index (χ1n) is 11.4. The molecule has 1 aromatic carbocycles. The second kappa shape index (κ2) is 8.03. The molecule has 3 heterocycles. The summed E-state index contributed by atoms with van der Waals surface area (Å²) in [5.41, 5.74) is 2.06. The van der Waals surface area contributed by atoms with Crippen molar-refractivity contribution >= 4 is 39.4 Å². The van der Waals surface area contributed by atoms with E-state index in [1.54, 1.807) is 19.4 Å². The first-order valence-corrected chi connectivity index (χ1v) is 11.4.